The molecule has 4 aromatic carbocycles. The van der Waals surface area contributed by atoms with E-state index in [0.29, 0.717) is 11.4 Å². The van der Waals surface area contributed by atoms with Gasteiger partial charge < -0.3 is 10.2 Å². The van der Waals surface area contributed by atoms with E-state index < -0.39 is 41.8 Å². The molecule has 0 aliphatic rings. The van der Waals surface area contributed by atoms with Crippen LogP contribution in [0.25, 0.3) is 22.5 Å². The third-order valence-corrected chi connectivity index (χ3v) is 9.07. The van der Waals surface area contributed by atoms with Gasteiger partial charge in [0.05, 0.1) is 34.1 Å². The molecule has 52 heavy (non-hydrogen) atoms. The number of hydrogen-bond acceptors (Lipinski definition) is 12. The number of aryl methyl sites for hydroxylation is 2. The zero-order chi connectivity index (χ0) is 35.8. The normalized spacial score (nSPS) is 11.8. The van der Waals surface area contributed by atoms with Crippen LogP contribution in [0.2, 0.25) is 0 Å². The van der Waals surface area contributed by atoms with Crippen LogP contribution in [0.5, 0.6) is 11.8 Å². The van der Waals surface area contributed by atoms with Crippen molar-refractivity contribution in [3.8, 4) is 34.3 Å². The molecule has 2 heterocycles. The van der Waals surface area contributed by atoms with Crippen molar-refractivity contribution in [2.45, 2.75) is 23.6 Å². The van der Waals surface area contributed by atoms with E-state index in [-0.39, 0.29) is 104 Å². The Morgan fingerprint density at radius 1 is 0.558 bits per heavy atom. The Hall–Kier alpha value is -4.08. The molecular formula is C32H24N8Na2O8S2. The summed E-state index contributed by atoms with van der Waals surface area (Å²) in [6.45, 7) is 3.08. The molecule has 16 nitrogen and oxygen atoms in total. The second kappa shape index (κ2) is 16.3. The summed E-state index contributed by atoms with van der Waals surface area (Å²) in [6.07, 6.45) is 0. The summed E-state index contributed by atoms with van der Waals surface area (Å²) in [5.74, 6) is -1.16. The molecule has 0 atom stereocenters. The zero-order valence-corrected chi connectivity index (χ0v) is 33.6. The van der Waals surface area contributed by atoms with Gasteiger partial charge in [-0.2, -0.15) is 37.3 Å². The van der Waals surface area contributed by atoms with Crippen LogP contribution in [0.3, 0.4) is 0 Å². The van der Waals surface area contributed by atoms with Crippen molar-refractivity contribution in [3.63, 3.8) is 0 Å². The van der Waals surface area contributed by atoms with Gasteiger partial charge >= 0.3 is 59.1 Å². The molecule has 0 saturated carbocycles. The van der Waals surface area contributed by atoms with Gasteiger partial charge in [0, 0.05) is 22.9 Å². The molecule has 254 valence electrons. The summed E-state index contributed by atoms with van der Waals surface area (Å²) in [4.78, 5) is -1.54. The monoisotopic (exact) mass is 758 g/mol. The number of nitrogens with zero attached hydrogens (tertiary/aromatic N) is 8. The van der Waals surface area contributed by atoms with Crippen molar-refractivity contribution in [1.29, 1.82) is 0 Å². The summed E-state index contributed by atoms with van der Waals surface area (Å²) in [5.41, 5.74) is 0.375. The van der Waals surface area contributed by atoms with E-state index in [1.807, 2.05) is 0 Å². The minimum absolute atomic E-state index is 0. The minimum atomic E-state index is -5.03. The van der Waals surface area contributed by atoms with Gasteiger partial charge in [-0.05, 0) is 62.4 Å². The molecule has 0 fully saturated rings. The van der Waals surface area contributed by atoms with Gasteiger partial charge in [-0.15, -0.1) is 10.2 Å². The zero-order valence-electron chi connectivity index (χ0n) is 28.0. The quantitative estimate of drug-likeness (QED) is 0.112. The van der Waals surface area contributed by atoms with Crippen LogP contribution in [0.15, 0.2) is 127 Å². The predicted octanol–water partition coefficient (Wildman–Crippen LogP) is -0.179. The number of hydrogen-bond donors (Lipinski definition) is 2. The molecule has 0 bridgehead atoms. The maximum atomic E-state index is 13.0. The first kappa shape index (κ1) is 40.7. The van der Waals surface area contributed by atoms with E-state index in [2.05, 4.69) is 30.7 Å². The number of aromatic nitrogens is 4. The average molecular weight is 759 g/mol. The third-order valence-electron chi connectivity index (χ3n) is 7.28. The van der Waals surface area contributed by atoms with Gasteiger partial charge in [-0.1, -0.05) is 48.5 Å². The molecule has 6 aromatic rings. The SMILES string of the molecule is Cc1nn(-c2ccccc2)c([O-])c1N=Nc1ccc(-c2ccc(N=Nc3c(C)nn(-c4ccccc4)c3[O-])cc2S(=O)(=O)O)c(S(=O)(=O)O)c1.[Na+].[Na+]. The topological polar surface area (TPSA) is 240 Å². The Morgan fingerprint density at radius 2 is 0.904 bits per heavy atom. The molecule has 0 aliphatic carbocycles. The van der Waals surface area contributed by atoms with Gasteiger partial charge in [-0.3, -0.25) is 9.11 Å². The Kier molecular flexibility index (Phi) is 12.8. The number of azo groups is 2. The van der Waals surface area contributed by atoms with Crippen molar-refractivity contribution in [2.75, 3.05) is 0 Å². The van der Waals surface area contributed by atoms with Gasteiger partial charge in [0.15, 0.2) is 0 Å². The summed E-state index contributed by atoms with van der Waals surface area (Å²) in [6, 6.07) is 23.8. The van der Waals surface area contributed by atoms with Crippen molar-refractivity contribution in [1.82, 2.24) is 19.6 Å². The molecule has 20 heteroatoms. The van der Waals surface area contributed by atoms with Crippen molar-refractivity contribution in [2.24, 2.45) is 20.5 Å². The van der Waals surface area contributed by atoms with Crippen molar-refractivity contribution >= 4 is 43.0 Å². The Bertz CT molecular complexity index is 2370. The van der Waals surface area contributed by atoms with Crippen molar-refractivity contribution < 1.29 is 95.3 Å². The fraction of sp³-hybridized carbons (Fsp3) is 0.0625. The summed E-state index contributed by atoms with van der Waals surface area (Å²) in [5, 5.41) is 50.1. The van der Waals surface area contributed by atoms with Crippen LogP contribution in [0, 0.1) is 13.8 Å². The third kappa shape index (κ3) is 8.58. The molecule has 0 radical (unpaired) electrons. The van der Waals surface area contributed by atoms with E-state index >= 15 is 0 Å². The van der Waals surface area contributed by atoms with E-state index in [1.54, 1.807) is 74.5 Å². The first-order valence-electron chi connectivity index (χ1n) is 14.4. The fourth-order valence-corrected chi connectivity index (χ4v) is 6.40. The van der Waals surface area contributed by atoms with E-state index in [4.69, 9.17) is 0 Å². The second-order valence-corrected chi connectivity index (χ2v) is 13.5. The van der Waals surface area contributed by atoms with Crippen LogP contribution in [-0.2, 0) is 20.2 Å². The van der Waals surface area contributed by atoms with Crippen LogP contribution in [-0.4, -0.2) is 45.5 Å². The standard InChI is InChI=1S/C32H26N8O8S2.2Na/c1-19-29(31(41)39(37-19)23-9-5-3-6-10-23)35-33-21-13-15-25(27(17-21)49(43,44)45)26-16-14-22(18-28(26)50(46,47)48)34-36-30-20(2)38-40(32(30)42)24-11-7-4-8-12-24;;/h3-18,41-42H,1-2H3,(H,43,44,45)(H,46,47,48);;/q;2*+1/p-2. The Labute approximate surface area is 341 Å². The molecule has 2 aromatic heterocycles. The maximum Gasteiger partial charge on any atom is 1.00 e. The van der Waals surface area contributed by atoms with E-state index in [1.165, 1.54) is 12.1 Å². The van der Waals surface area contributed by atoms with Gasteiger partial charge in [-0.25, -0.2) is 9.36 Å². The average Bonchev–Trinajstić information content (AvgIpc) is 3.54. The summed E-state index contributed by atoms with van der Waals surface area (Å²) >= 11 is 0. The first-order valence-corrected chi connectivity index (χ1v) is 17.3. The van der Waals surface area contributed by atoms with Crippen LogP contribution < -0.4 is 69.3 Å². The Balaban J connectivity index is 0.00000302. The molecule has 6 rings (SSSR count). The minimum Gasteiger partial charge on any atom is -0.857 e. The molecule has 0 spiro atoms. The molecule has 0 amide bonds. The smallest absolute Gasteiger partial charge is 0.857 e. The maximum absolute atomic E-state index is 13.0. The number of para-hydroxylation sites is 2. The molecule has 0 aliphatic heterocycles. The number of benzene rings is 4. The molecule has 0 unspecified atom stereocenters. The van der Waals surface area contributed by atoms with Crippen molar-refractivity contribution in [3.05, 3.63) is 108 Å². The Morgan fingerprint density at radius 3 is 1.23 bits per heavy atom. The van der Waals surface area contributed by atoms with Gasteiger partial charge in [0.25, 0.3) is 20.2 Å². The predicted molar refractivity (Wildman–Crippen MR) is 175 cm³/mol. The van der Waals surface area contributed by atoms with Gasteiger partial charge in [0.2, 0.25) is 0 Å². The van der Waals surface area contributed by atoms with E-state index in [0.717, 1.165) is 33.6 Å². The molecule has 0 saturated heterocycles. The summed E-state index contributed by atoms with van der Waals surface area (Å²) < 4.78 is 72.5. The van der Waals surface area contributed by atoms with E-state index in [9.17, 15) is 36.2 Å². The molecular weight excluding hydrogens is 735 g/mol. The number of rotatable bonds is 9. The molecule has 2 N–H and O–H groups in total. The summed E-state index contributed by atoms with van der Waals surface area (Å²) in [7, 11) is -10.1. The van der Waals surface area contributed by atoms with Crippen LogP contribution in [0.4, 0.5) is 22.7 Å². The second-order valence-electron chi connectivity index (χ2n) is 10.7. The van der Waals surface area contributed by atoms with Crippen LogP contribution >= 0.6 is 0 Å². The fourth-order valence-electron chi connectivity index (χ4n) is 4.95. The van der Waals surface area contributed by atoms with Gasteiger partial charge in [0.1, 0.15) is 21.2 Å². The van der Waals surface area contributed by atoms with Crippen LogP contribution in [0.1, 0.15) is 11.4 Å². The first-order chi connectivity index (χ1) is 23.7. The largest absolute Gasteiger partial charge is 1.00 e.